The summed E-state index contributed by atoms with van der Waals surface area (Å²) in [6.45, 7) is 1.86. The lowest BCUT2D eigenvalue weighted by Gasteiger charge is -2.34. The van der Waals surface area contributed by atoms with Crippen molar-refractivity contribution in [1.82, 2.24) is 14.9 Å². The topological polar surface area (TPSA) is 38.3 Å². The van der Waals surface area contributed by atoms with E-state index in [1.807, 2.05) is 0 Å². The molecule has 1 atom stereocenters. The number of hydrogen-bond acceptors (Lipinski definition) is 5. The van der Waals surface area contributed by atoms with Crippen molar-refractivity contribution in [3.8, 4) is 17.0 Å². The number of ether oxygens (including phenoxy) is 1. The monoisotopic (exact) mass is 387 g/mol. The lowest BCUT2D eigenvalue weighted by molar-refractivity contribution is 0.286. The molecule has 28 heavy (non-hydrogen) atoms. The van der Waals surface area contributed by atoms with E-state index in [9.17, 15) is 0 Å². The van der Waals surface area contributed by atoms with E-state index in [0.717, 1.165) is 30.1 Å². The Morgan fingerprint density at radius 1 is 1.14 bits per heavy atom. The van der Waals surface area contributed by atoms with Crippen LogP contribution in [0.2, 0.25) is 0 Å². The molecule has 2 aromatic carbocycles. The highest BCUT2D eigenvalue weighted by Crippen LogP contribution is 2.42. The third-order valence-electron chi connectivity index (χ3n) is 5.52. The molecule has 1 aliphatic heterocycles. The Kier molecular flexibility index (Phi) is 4.34. The molecular formula is C23H21N3OS. The number of fused-ring (bicyclic) bond motifs is 2. The number of hydrogen-bond donors (Lipinski definition) is 0. The normalized spacial score (nSPS) is 16.9. The van der Waals surface area contributed by atoms with Crippen molar-refractivity contribution in [2.75, 3.05) is 20.7 Å². The maximum Gasteiger partial charge on any atom is 0.133 e. The van der Waals surface area contributed by atoms with Gasteiger partial charge in [-0.05, 0) is 53.2 Å². The average molecular weight is 388 g/mol. The Morgan fingerprint density at radius 2 is 2.07 bits per heavy atom. The van der Waals surface area contributed by atoms with Gasteiger partial charge in [0.15, 0.2) is 0 Å². The van der Waals surface area contributed by atoms with Gasteiger partial charge in [0.05, 0.1) is 19.0 Å². The van der Waals surface area contributed by atoms with Crippen molar-refractivity contribution >= 4 is 21.4 Å². The van der Waals surface area contributed by atoms with Crippen LogP contribution in [0.25, 0.3) is 21.3 Å². The summed E-state index contributed by atoms with van der Waals surface area (Å²) in [4.78, 5) is 11.1. The van der Waals surface area contributed by atoms with Gasteiger partial charge in [0.25, 0.3) is 0 Å². The molecule has 0 amide bonds. The summed E-state index contributed by atoms with van der Waals surface area (Å²) >= 11 is 1.79. The lowest BCUT2D eigenvalue weighted by Crippen LogP contribution is -2.31. The second-order valence-corrected chi connectivity index (χ2v) is 8.22. The molecule has 3 heterocycles. The molecule has 2 aromatic heterocycles. The zero-order valence-corrected chi connectivity index (χ0v) is 16.7. The lowest BCUT2D eigenvalue weighted by atomic mass is 9.83. The van der Waals surface area contributed by atoms with Gasteiger partial charge in [0.1, 0.15) is 5.75 Å². The number of benzene rings is 2. The van der Waals surface area contributed by atoms with E-state index in [0.29, 0.717) is 5.92 Å². The number of methoxy groups -OCH3 is 1. The third-order valence-corrected chi connectivity index (χ3v) is 6.41. The molecule has 0 saturated carbocycles. The number of nitrogens with zero attached hydrogens (tertiary/aromatic N) is 3. The molecule has 0 spiro atoms. The summed E-state index contributed by atoms with van der Waals surface area (Å²) in [5, 5.41) is 3.48. The predicted octanol–water partition coefficient (Wildman–Crippen LogP) is 4.94. The van der Waals surface area contributed by atoms with Crippen LogP contribution in [-0.4, -0.2) is 35.6 Å². The maximum absolute atomic E-state index is 5.90. The fourth-order valence-corrected chi connectivity index (χ4v) is 5.01. The second kappa shape index (κ2) is 7.00. The Labute approximate surface area is 168 Å². The molecule has 4 nitrogen and oxygen atoms in total. The average Bonchev–Trinajstić information content (AvgIpc) is 3.20. The minimum absolute atomic E-state index is 0.322. The predicted molar refractivity (Wildman–Crippen MR) is 114 cm³/mol. The molecule has 5 rings (SSSR count). The van der Waals surface area contributed by atoms with Gasteiger partial charge in [-0.3, -0.25) is 9.97 Å². The van der Waals surface area contributed by atoms with E-state index in [1.54, 1.807) is 37.0 Å². The molecule has 1 unspecified atom stereocenters. The first-order chi connectivity index (χ1) is 13.7. The van der Waals surface area contributed by atoms with Crippen LogP contribution < -0.4 is 4.74 Å². The van der Waals surface area contributed by atoms with Gasteiger partial charge in [0, 0.05) is 47.2 Å². The summed E-state index contributed by atoms with van der Waals surface area (Å²) < 4.78 is 7.23. The molecule has 0 saturated heterocycles. The van der Waals surface area contributed by atoms with Crippen LogP contribution >= 0.6 is 11.3 Å². The fraction of sp³-hybridized carbons (Fsp3) is 0.217. The summed E-state index contributed by atoms with van der Waals surface area (Å²) in [6, 6.07) is 13.4. The number of likely N-dealkylation sites (N-methyl/N-ethyl adjacent to an activating group) is 1. The smallest absolute Gasteiger partial charge is 0.133 e. The van der Waals surface area contributed by atoms with E-state index in [-0.39, 0.29) is 0 Å². The first kappa shape index (κ1) is 17.3. The molecule has 0 radical (unpaired) electrons. The first-order valence-electron chi connectivity index (χ1n) is 9.36. The van der Waals surface area contributed by atoms with Gasteiger partial charge in [-0.25, -0.2) is 0 Å². The highest BCUT2D eigenvalue weighted by atomic mass is 32.1. The zero-order valence-electron chi connectivity index (χ0n) is 15.9. The van der Waals surface area contributed by atoms with E-state index < -0.39 is 0 Å². The molecule has 0 aliphatic carbocycles. The summed E-state index contributed by atoms with van der Waals surface area (Å²) in [6.07, 6.45) is 5.21. The molecule has 140 valence electrons. The van der Waals surface area contributed by atoms with Gasteiger partial charge in [-0.2, -0.15) is 0 Å². The molecule has 0 N–H and O–H groups in total. The molecular weight excluding hydrogens is 366 g/mol. The van der Waals surface area contributed by atoms with E-state index in [4.69, 9.17) is 4.74 Å². The molecule has 0 fully saturated rings. The van der Waals surface area contributed by atoms with E-state index in [2.05, 4.69) is 63.7 Å². The van der Waals surface area contributed by atoms with Gasteiger partial charge in [-0.1, -0.05) is 12.1 Å². The molecule has 5 heteroatoms. The Hall–Kier alpha value is -2.76. The van der Waals surface area contributed by atoms with Crippen molar-refractivity contribution in [3.63, 3.8) is 0 Å². The van der Waals surface area contributed by atoms with E-state index >= 15 is 0 Å². The largest absolute Gasteiger partial charge is 0.496 e. The van der Waals surface area contributed by atoms with Crippen LogP contribution in [0.3, 0.4) is 0 Å². The maximum atomic E-state index is 5.90. The second-order valence-electron chi connectivity index (χ2n) is 7.27. The fourth-order valence-electron chi connectivity index (χ4n) is 4.24. The van der Waals surface area contributed by atoms with Crippen molar-refractivity contribution in [1.29, 1.82) is 0 Å². The van der Waals surface area contributed by atoms with Crippen molar-refractivity contribution < 1.29 is 4.74 Å². The number of rotatable bonds is 3. The Balaban J connectivity index is 1.66. The van der Waals surface area contributed by atoms with Gasteiger partial charge in [0.2, 0.25) is 0 Å². The first-order valence-corrected chi connectivity index (χ1v) is 10.2. The van der Waals surface area contributed by atoms with Crippen LogP contribution in [0.5, 0.6) is 5.75 Å². The third kappa shape index (κ3) is 2.87. The Bertz CT molecular complexity index is 1140. The minimum Gasteiger partial charge on any atom is -0.496 e. The SMILES string of the molecule is COc1c(-c2cnccn2)ccc2c1CN(C)CC2c1ccc2sccc2c1. The van der Waals surface area contributed by atoms with Crippen molar-refractivity contribution in [2.24, 2.45) is 0 Å². The van der Waals surface area contributed by atoms with Crippen LogP contribution in [-0.2, 0) is 6.54 Å². The van der Waals surface area contributed by atoms with Crippen LogP contribution in [0.1, 0.15) is 22.6 Å². The highest BCUT2D eigenvalue weighted by molar-refractivity contribution is 7.17. The van der Waals surface area contributed by atoms with Gasteiger partial charge >= 0.3 is 0 Å². The van der Waals surface area contributed by atoms with E-state index in [1.165, 1.54) is 26.8 Å². The summed E-state index contributed by atoms with van der Waals surface area (Å²) in [7, 11) is 3.92. The zero-order chi connectivity index (χ0) is 19.1. The Morgan fingerprint density at radius 3 is 2.89 bits per heavy atom. The highest BCUT2D eigenvalue weighted by Gasteiger charge is 2.29. The van der Waals surface area contributed by atoms with Crippen molar-refractivity contribution in [2.45, 2.75) is 12.5 Å². The number of aromatic nitrogens is 2. The minimum atomic E-state index is 0.322. The van der Waals surface area contributed by atoms with Crippen molar-refractivity contribution in [3.05, 3.63) is 77.1 Å². The molecule has 1 aliphatic rings. The molecule has 4 aromatic rings. The number of thiophene rings is 1. The van der Waals surface area contributed by atoms with Crippen LogP contribution in [0.15, 0.2) is 60.4 Å². The van der Waals surface area contributed by atoms with Gasteiger partial charge in [-0.15, -0.1) is 11.3 Å². The standard InChI is InChI=1S/C23H21N3OS/c1-26-13-19(15-3-6-22-16(11-15)7-10-28-22)17-4-5-18(21-12-24-8-9-25-21)23(27-2)20(17)14-26/h3-12,19H,13-14H2,1-2H3. The van der Waals surface area contributed by atoms with Crippen LogP contribution in [0.4, 0.5) is 0 Å². The summed E-state index contributed by atoms with van der Waals surface area (Å²) in [5.74, 6) is 1.23. The van der Waals surface area contributed by atoms with Crippen LogP contribution in [0, 0.1) is 0 Å². The quantitative estimate of drug-likeness (QED) is 0.499. The molecule has 0 bridgehead atoms. The summed E-state index contributed by atoms with van der Waals surface area (Å²) in [5.41, 5.74) is 5.78. The van der Waals surface area contributed by atoms with Gasteiger partial charge < -0.3 is 9.64 Å².